The predicted octanol–water partition coefficient (Wildman–Crippen LogP) is 3.48. The highest BCUT2D eigenvalue weighted by atomic mass is 79.9. The second-order valence-corrected chi connectivity index (χ2v) is 4.64. The van der Waals surface area contributed by atoms with Crippen LogP contribution in [-0.4, -0.2) is 17.9 Å². The van der Waals surface area contributed by atoms with Crippen molar-refractivity contribution >= 4 is 34.5 Å². The molecule has 0 aliphatic rings. The molecule has 0 fully saturated rings. The number of carbonyl (C=O) groups excluding carboxylic acids is 1. The molecule has 0 heterocycles. The van der Waals surface area contributed by atoms with E-state index in [1.165, 1.54) is 5.56 Å². The van der Waals surface area contributed by atoms with Crippen LogP contribution in [0.1, 0.15) is 29.3 Å². The topological polar surface area (TPSA) is 26.3 Å². The lowest BCUT2D eigenvalue weighted by Gasteiger charge is -2.06. The quantitative estimate of drug-likeness (QED) is 0.512. The van der Waals surface area contributed by atoms with Gasteiger partial charge in [-0.2, -0.15) is 0 Å². The summed E-state index contributed by atoms with van der Waals surface area (Å²) in [6.07, 6.45) is 2.06. The third-order valence-electron chi connectivity index (χ3n) is 2.16. The maximum atomic E-state index is 11.5. The fourth-order valence-corrected chi connectivity index (χ4v) is 2.00. The van der Waals surface area contributed by atoms with Gasteiger partial charge in [-0.1, -0.05) is 22.0 Å². The molecular weight excluding hydrogens is 288 g/mol. The third-order valence-corrected chi connectivity index (χ3v) is 3.09. The van der Waals surface area contributed by atoms with Crippen LogP contribution in [0.5, 0.6) is 0 Å². The minimum Gasteiger partial charge on any atom is -0.462 e. The average molecular weight is 303 g/mol. The molecule has 1 rings (SSSR count). The predicted molar refractivity (Wildman–Crippen MR) is 71.8 cm³/mol. The molecule has 0 N–H and O–H groups in total. The molecule has 0 saturated heterocycles. The van der Waals surface area contributed by atoms with Gasteiger partial charge >= 0.3 is 5.97 Å². The van der Waals surface area contributed by atoms with E-state index in [1.807, 2.05) is 12.1 Å². The summed E-state index contributed by atoms with van der Waals surface area (Å²) in [6.45, 7) is 2.18. The first-order valence-electron chi connectivity index (χ1n) is 5.24. The molecule has 88 valence electrons. The van der Waals surface area contributed by atoms with E-state index in [2.05, 4.69) is 28.6 Å². The summed E-state index contributed by atoms with van der Waals surface area (Å²) in [4.78, 5) is 12.2. The van der Waals surface area contributed by atoms with Crippen LogP contribution in [0.2, 0.25) is 0 Å². The van der Waals surface area contributed by atoms with Crippen LogP contribution in [0.25, 0.3) is 0 Å². The highest BCUT2D eigenvalue weighted by Gasteiger charge is 2.10. The van der Waals surface area contributed by atoms with Crippen molar-refractivity contribution in [2.24, 2.45) is 0 Å². The fraction of sp³-hybridized carbons (Fsp3) is 0.417. The molecule has 4 heteroatoms. The molecule has 0 radical (unpaired) electrons. The molecule has 0 bridgehead atoms. The second-order valence-electron chi connectivity index (χ2n) is 3.36. The van der Waals surface area contributed by atoms with E-state index in [4.69, 9.17) is 4.74 Å². The number of carbonyl (C=O) groups is 1. The van der Waals surface area contributed by atoms with Gasteiger partial charge in [0.05, 0.1) is 12.2 Å². The summed E-state index contributed by atoms with van der Waals surface area (Å²) in [5.74, 6) is -0.306. The van der Waals surface area contributed by atoms with Crippen LogP contribution >= 0.6 is 28.6 Å². The number of halogens is 1. The Kier molecular flexibility index (Phi) is 5.91. The van der Waals surface area contributed by atoms with Gasteiger partial charge in [-0.3, -0.25) is 0 Å². The lowest BCUT2D eigenvalue weighted by molar-refractivity contribution is 0.0522. The summed E-state index contributed by atoms with van der Waals surface area (Å²) >= 11 is 7.70. The first-order valence-corrected chi connectivity index (χ1v) is 6.81. The maximum absolute atomic E-state index is 11.5. The van der Waals surface area contributed by atoms with E-state index in [0.717, 1.165) is 18.2 Å². The zero-order chi connectivity index (χ0) is 12.0. The number of rotatable bonds is 5. The van der Waals surface area contributed by atoms with Crippen LogP contribution in [0.4, 0.5) is 0 Å². The van der Waals surface area contributed by atoms with Crippen molar-refractivity contribution in [3.05, 3.63) is 29.3 Å². The highest BCUT2D eigenvalue weighted by Crippen LogP contribution is 2.18. The van der Waals surface area contributed by atoms with Crippen molar-refractivity contribution < 1.29 is 9.53 Å². The van der Waals surface area contributed by atoms with E-state index in [1.54, 1.807) is 13.0 Å². The standard InChI is InChI=1S/C12H15BrO2S/c1-2-15-12(14)10-6-5-9(4-3-7-13)8-11(10)16/h5-6,8,16H,2-4,7H2,1H3. The van der Waals surface area contributed by atoms with E-state index in [0.29, 0.717) is 17.1 Å². The van der Waals surface area contributed by atoms with Crippen molar-refractivity contribution in [3.8, 4) is 0 Å². The van der Waals surface area contributed by atoms with E-state index in [9.17, 15) is 4.79 Å². The van der Waals surface area contributed by atoms with Gasteiger partial charge in [0.2, 0.25) is 0 Å². The van der Waals surface area contributed by atoms with Gasteiger partial charge < -0.3 is 4.74 Å². The molecule has 0 unspecified atom stereocenters. The molecule has 0 aliphatic carbocycles. The molecule has 0 aliphatic heterocycles. The molecule has 0 aromatic heterocycles. The molecular formula is C12H15BrO2S. The number of benzene rings is 1. The molecule has 0 amide bonds. The Morgan fingerprint density at radius 1 is 1.50 bits per heavy atom. The van der Waals surface area contributed by atoms with Gasteiger partial charge in [0.25, 0.3) is 0 Å². The second kappa shape index (κ2) is 6.97. The van der Waals surface area contributed by atoms with E-state index in [-0.39, 0.29) is 5.97 Å². The van der Waals surface area contributed by atoms with E-state index < -0.39 is 0 Å². The Labute approximate surface area is 110 Å². The zero-order valence-electron chi connectivity index (χ0n) is 9.20. The normalized spacial score (nSPS) is 10.2. The summed E-state index contributed by atoms with van der Waals surface area (Å²) in [5.41, 5.74) is 1.73. The Bertz CT molecular complexity index is 366. The third kappa shape index (κ3) is 3.83. The first-order chi connectivity index (χ1) is 7.69. The zero-order valence-corrected chi connectivity index (χ0v) is 11.7. The van der Waals surface area contributed by atoms with Crippen LogP contribution in [0.15, 0.2) is 23.1 Å². The Balaban J connectivity index is 2.78. The number of esters is 1. The Hall–Kier alpha value is -0.480. The molecule has 2 nitrogen and oxygen atoms in total. The number of thiol groups is 1. The minimum absolute atomic E-state index is 0.306. The lowest BCUT2D eigenvalue weighted by Crippen LogP contribution is -2.06. The average Bonchev–Trinajstić information content (AvgIpc) is 2.26. The van der Waals surface area contributed by atoms with Gasteiger partial charge in [0.15, 0.2) is 0 Å². The summed E-state index contributed by atoms with van der Waals surface area (Å²) in [5, 5.41) is 0.981. The molecule has 16 heavy (non-hydrogen) atoms. The van der Waals surface area contributed by atoms with Crippen molar-refractivity contribution in [2.75, 3.05) is 11.9 Å². The Morgan fingerprint density at radius 3 is 2.81 bits per heavy atom. The Morgan fingerprint density at radius 2 is 2.25 bits per heavy atom. The van der Waals surface area contributed by atoms with Gasteiger partial charge in [0, 0.05) is 10.2 Å². The van der Waals surface area contributed by atoms with Crippen molar-refractivity contribution in [1.29, 1.82) is 0 Å². The highest BCUT2D eigenvalue weighted by molar-refractivity contribution is 9.09. The lowest BCUT2D eigenvalue weighted by atomic mass is 10.1. The van der Waals surface area contributed by atoms with Gasteiger partial charge in [-0.15, -0.1) is 12.6 Å². The van der Waals surface area contributed by atoms with Gasteiger partial charge in [-0.25, -0.2) is 4.79 Å². The molecule has 1 aromatic rings. The molecule has 1 aromatic carbocycles. The maximum Gasteiger partial charge on any atom is 0.339 e. The van der Waals surface area contributed by atoms with Crippen LogP contribution < -0.4 is 0 Å². The summed E-state index contributed by atoms with van der Waals surface area (Å²) in [7, 11) is 0. The smallest absolute Gasteiger partial charge is 0.339 e. The van der Waals surface area contributed by atoms with Crippen LogP contribution in [0.3, 0.4) is 0 Å². The van der Waals surface area contributed by atoms with Crippen molar-refractivity contribution in [2.45, 2.75) is 24.7 Å². The van der Waals surface area contributed by atoms with Crippen LogP contribution in [0, 0.1) is 0 Å². The SMILES string of the molecule is CCOC(=O)c1ccc(CCCBr)cc1S. The van der Waals surface area contributed by atoms with Crippen LogP contribution in [-0.2, 0) is 11.2 Å². The largest absolute Gasteiger partial charge is 0.462 e. The number of ether oxygens (including phenoxy) is 1. The number of hydrogen-bond donors (Lipinski definition) is 1. The van der Waals surface area contributed by atoms with Crippen molar-refractivity contribution in [3.63, 3.8) is 0 Å². The number of alkyl halides is 1. The first kappa shape index (κ1) is 13.6. The summed E-state index contributed by atoms with van der Waals surface area (Å²) < 4.78 is 4.93. The number of aryl methyl sites for hydroxylation is 1. The van der Waals surface area contributed by atoms with Gasteiger partial charge in [0.1, 0.15) is 0 Å². The van der Waals surface area contributed by atoms with Gasteiger partial charge in [-0.05, 0) is 37.5 Å². The molecule has 0 saturated carbocycles. The molecule has 0 atom stereocenters. The fourth-order valence-electron chi connectivity index (χ4n) is 1.39. The summed E-state index contributed by atoms with van der Waals surface area (Å²) in [6, 6.07) is 5.66. The minimum atomic E-state index is -0.306. The number of hydrogen-bond acceptors (Lipinski definition) is 3. The van der Waals surface area contributed by atoms with E-state index >= 15 is 0 Å². The molecule has 0 spiro atoms. The monoisotopic (exact) mass is 302 g/mol. The van der Waals surface area contributed by atoms with Crippen molar-refractivity contribution in [1.82, 2.24) is 0 Å².